The lowest BCUT2D eigenvalue weighted by Gasteiger charge is -2.09. The summed E-state index contributed by atoms with van der Waals surface area (Å²) in [5.74, 6) is -0.0797. The van der Waals surface area contributed by atoms with E-state index in [2.05, 4.69) is 21.2 Å². The number of pyridine rings is 1. The average molecular weight is 429 g/mol. The number of fused-ring (bicyclic) bond motifs is 1. The van der Waals surface area contributed by atoms with E-state index in [1.165, 1.54) is 0 Å². The fourth-order valence-corrected chi connectivity index (χ4v) is 4.61. The Balaban J connectivity index is 1.74. The number of thiophene rings is 2. The molecule has 3 aromatic heterocycles. The molecular formula is C19H13BrN2OS2. The maximum Gasteiger partial charge on any atom is 0.252 e. The predicted octanol–water partition coefficient (Wildman–Crippen LogP) is 5.72. The maximum absolute atomic E-state index is 12.8. The number of halogens is 1. The summed E-state index contributed by atoms with van der Waals surface area (Å²) in [5, 5.41) is 5.89. The SMILES string of the molecule is O=C(NCc1cccs1)c1cc(-c2ccc(Br)s2)nc2ccccc12. The molecule has 0 aliphatic heterocycles. The largest absolute Gasteiger partial charge is 0.347 e. The maximum atomic E-state index is 12.8. The minimum absolute atomic E-state index is 0.0797. The van der Waals surface area contributed by atoms with Crippen LogP contribution in [0.3, 0.4) is 0 Å². The van der Waals surface area contributed by atoms with Crippen LogP contribution in [0.1, 0.15) is 15.2 Å². The molecule has 6 heteroatoms. The summed E-state index contributed by atoms with van der Waals surface area (Å²) in [5.41, 5.74) is 2.29. The van der Waals surface area contributed by atoms with Crippen molar-refractivity contribution in [2.24, 2.45) is 0 Å². The van der Waals surface area contributed by atoms with Crippen LogP contribution >= 0.6 is 38.6 Å². The van der Waals surface area contributed by atoms with Crippen molar-refractivity contribution in [3.63, 3.8) is 0 Å². The molecule has 0 bridgehead atoms. The first-order valence-corrected chi connectivity index (χ1v) is 10.2. The van der Waals surface area contributed by atoms with E-state index in [9.17, 15) is 4.79 Å². The molecule has 0 unspecified atom stereocenters. The van der Waals surface area contributed by atoms with Gasteiger partial charge in [-0.25, -0.2) is 4.98 Å². The summed E-state index contributed by atoms with van der Waals surface area (Å²) in [6.45, 7) is 0.535. The van der Waals surface area contributed by atoms with Gasteiger partial charge >= 0.3 is 0 Å². The molecule has 25 heavy (non-hydrogen) atoms. The van der Waals surface area contributed by atoms with Crippen LogP contribution in [0.4, 0.5) is 0 Å². The van der Waals surface area contributed by atoms with Crippen molar-refractivity contribution in [2.75, 3.05) is 0 Å². The van der Waals surface area contributed by atoms with Crippen molar-refractivity contribution < 1.29 is 4.79 Å². The number of rotatable bonds is 4. The topological polar surface area (TPSA) is 42.0 Å². The molecular weight excluding hydrogens is 416 g/mol. The molecule has 3 heterocycles. The van der Waals surface area contributed by atoms with Crippen molar-refractivity contribution in [1.82, 2.24) is 10.3 Å². The second-order valence-electron chi connectivity index (χ2n) is 5.44. The van der Waals surface area contributed by atoms with Crippen molar-refractivity contribution in [3.8, 4) is 10.6 Å². The second-order valence-corrected chi connectivity index (χ2v) is 8.93. The molecule has 4 rings (SSSR count). The summed E-state index contributed by atoms with van der Waals surface area (Å²) >= 11 is 6.73. The molecule has 0 radical (unpaired) electrons. The molecule has 1 amide bonds. The number of aromatic nitrogens is 1. The van der Waals surface area contributed by atoms with Crippen LogP contribution in [0.15, 0.2) is 63.8 Å². The fourth-order valence-electron chi connectivity index (χ4n) is 2.62. The zero-order valence-electron chi connectivity index (χ0n) is 13.0. The summed E-state index contributed by atoms with van der Waals surface area (Å²) in [6, 6.07) is 17.6. The van der Waals surface area contributed by atoms with E-state index >= 15 is 0 Å². The van der Waals surface area contributed by atoms with Crippen LogP contribution in [0.5, 0.6) is 0 Å². The van der Waals surface area contributed by atoms with E-state index in [-0.39, 0.29) is 5.91 Å². The highest BCUT2D eigenvalue weighted by atomic mass is 79.9. The minimum atomic E-state index is -0.0797. The Morgan fingerprint density at radius 2 is 2.00 bits per heavy atom. The van der Waals surface area contributed by atoms with Crippen LogP contribution in [0.2, 0.25) is 0 Å². The normalized spacial score (nSPS) is 10.9. The van der Waals surface area contributed by atoms with Crippen LogP contribution in [-0.4, -0.2) is 10.9 Å². The number of amides is 1. The monoisotopic (exact) mass is 428 g/mol. The zero-order chi connectivity index (χ0) is 17.2. The van der Waals surface area contributed by atoms with E-state index in [0.29, 0.717) is 12.1 Å². The number of nitrogens with one attached hydrogen (secondary N) is 1. The van der Waals surface area contributed by atoms with E-state index in [4.69, 9.17) is 4.98 Å². The Kier molecular flexibility index (Phi) is 4.65. The smallest absolute Gasteiger partial charge is 0.252 e. The van der Waals surface area contributed by atoms with E-state index < -0.39 is 0 Å². The van der Waals surface area contributed by atoms with Gasteiger partial charge in [0, 0.05) is 10.3 Å². The van der Waals surface area contributed by atoms with E-state index in [0.717, 1.165) is 30.1 Å². The molecule has 0 atom stereocenters. The Bertz CT molecular complexity index is 1040. The number of para-hydroxylation sites is 1. The van der Waals surface area contributed by atoms with Gasteiger partial charge in [-0.15, -0.1) is 22.7 Å². The molecule has 0 saturated heterocycles. The van der Waals surface area contributed by atoms with Gasteiger partial charge in [-0.2, -0.15) is 0 Å². The minimum Gasteiger partial charge on any atom is -0.347 e. The van der Waals surface area contributed by atoms with Gasteiger partial charge in [0.1, 0.15) is 0 Å². The van der Waals surface area contributed by atoms with Gasteiger partial charge in [0.2, 0.25) is 0 Å². The van der Waals surface area contributed by atoms with Crippen molar-refractivity contribution in [3.05, 3.63) is 74.2 Å². The summed E-state index contributed by atoms with van der Waals surface area (Å²) in [6.07, 6.45) is 0. The summed E-state index contributed by atoms with van der Waals surface area (Å²) in [4.78, 5) is 19.7. The third-order valence-corrected chi connectivity index (χ3v) is 6.31. The van der Waals surface area contributed by atoms with Crippen molar-refractivity contribution in [2.45, 2.75) is 6.54 Å². The number of carbonyl (C=O) groups is 1. The highest BCUT2D eigenvalue weighted by Crippen LogP contribution is 2.32. The molecule has 0 aliphatic rings. The first kappa shape index (κ1) is 16.4. The highest BCUT2D eigenvalue weighted by Gasteiger charge is 2.14. The van der Waals surface area contributed by atoms with Crippen LogP contribution in [0, 0.1) is 0 Å². The van der Waals surface area contributed by atoms with E-state index in [1.54, 1.807) is 22.7 Å². The molecule has 3 nitrogen and oxygen atoms in total. The van der Waals surface area contributed by atoms with Crippen LogP contribution in [0.25, 0.3) is 21.5 Å². The second kappa shape index (κ2) is 7.07. The van der Waals surface area contributed by atoms with Gasteiger partial charge in [0.05, 0.1) is 32.0 Å². The first-order valence-electron chi connectivity index (χ1n) is 7.67. The standard InChI is InChI=1S/C19H13BrN2OS2/c20-18-8-7-17(25-18)16-10-14(13-5-1-2-6-15(13)22-16)19(23)21-11-12-4-3-9-24-12/h1-10H,11H2,(H,21,23). The number of benzene rings is 1. The summed E-state index contributed by atoms with van der Waals surface area (Å²) < 4.78 is 1.04. The highest BCUT2D eigenvalue weighted by molar-refractivity contribution is 9.11. The number of carbonyl (C=O) groups excluding carboxylic acids is 1. The van der Waals surface area contributed by atoms with Gasteiger partial charge < -0.3 is 5.32 Å². The predicted molar refractivity (Wildman–Crippen MR) is 108 cm³/mol. The Morgan fingerprint density at radius 1 is 1.12 bits per heavy atom. The summed E-state index contributed by atoms with van der Waals surface area (Å²) in [7, 11) is 0. The number of hydrogen-bond donors (Lipinski definition) is 1. The molecule has 124 valence electrons. The molecule has 1 aromatic carbocycles. The molecule has 1 N–H and O–H groups in total. The molecule has 0 aliphatic carbocycles. The third-order valence-electron chi connectivity index (χ3n) is 3.79. The lowest BCUT2D eigenvalue weighted by molar-refractivity contribution is 0.0953. The lowest BCUT2D eigenvalue weighted by atomic mass is 10.1. The number of hydrogen-bond acceptors (Lipinski definition) is 4. The first-order chi connectivity index (χ1) is 12.2. The third kappa shape index (κ3) is 3.51. The van der Waals surface area contributed by atoms with Gasteiger partial charge in [-0.3, -0.25) is 4.79 Å². The van der Waals surface area contributed by atoms with Gasteiger partial charge in [0.15, 0.2) is 0 Å². The lowest BCUT2D eigenvalue weighted by Crippen LogP contribution is -2.22. The average Bonchev–Trinajstić information content (AvgIpc) is 3.30. The van der Waals surface area contributed by atoms with Gasteiger partial charge in [0.25, 0.3) is 5.91 Å². The molecule has 4 aromatic rings. The van der Waals surface area contributed by atoms with E-state index in [1.807, 2.05) is 60.0 Å². The van der Waals surface area contributed by atoms with Crippen molar-refractivity contribution in [1.29, 1.82) is 0 Å². The quantitative estimate of drug-likeness (QED) is 0.451. The molecule has 0 saturated carbocycles. The fraction of sp³-hybridized carbons (Fsp3) is 0.0526. The Labute approximate surface area is 161 Å². The van der Waals surface area contributed by atoms with Crippen LogP contribution in [-0.2, 0) is 6.54 Å². The number of nitrogens with zero attached hydrogens (tertiary/aromatic N) is 1. The van der Waals surface area contributed by atoms with Gasteiger partial charge in [-0.1, -0.05) is 24.3 Å². The van der Waals surface area contributed by atoms with Crippen LogP contribution < -0.4 is 5.32 Å². The molecule has 0 spiro atoms. The Morgan fingerprint density at radius 3 is 2.76 bits per heavy atom. The van der Waals surface area contributed by atoms with Crippen molar-refractivity contribution >= 4 is 55.4 Å². The van der Waals surface area contributed by atoms with Gasteiger partial charge in [-0.05, 0) is 51.6 Å². The molecule has 0 fully saturated rings. The zero-order valence-corrected chi connectivity index (χ0v) is 16.2. The Hall–Kier alpha value is -2.02.